The predicted molar refractivity (Wildman–Crippen MR) is 136 cm³/mol. The topological polar surface area (TPSA) is 72.3 Å². The predicted octanol–water partition coefficient (Wildman–Crippen LogP) is 4.80. The fourth-order valence-corrected chi connectivity index (χ4v) is 6.22. The first-order valence-electron chi connectivity index (χ1n) is 12.7. The average molecular weight is 518 g/mol. The van der Waals surface area contributed by atoms with Crippen molar-refractivity contribution in [1.29, 1.82) is 0 Å². The van der Waals surface area contributed by atoms with Crippen molar-refractivity contribution < 1.29 is 18.3 Å². The van der Waals surface area contributed by atoms with Crippen LogP contribution in [0, 0.1) is 5.92 Å². The standard InChI is InChI=1S/C26H33F2N5O2S/c1-26(27,28)16-35-25-31-21-15-33(13-11-22(21)36-25)12-10-17-6-8-19(9-7-17)30-24(34)20-5-3-4-18-14-29-32(2)23(18)20/h3-5,14,17,19H,6-13,15-16H2,1-2H3,(H,30,34)/t17-,19-. The van der Waals surface area contributed by atoms with Crippen molar-refractivity contribution in [3.63, 3.8) is 0 Å². The Balaban J connectivity index is 1.06. The van der Waals surface area contributed by atoms with Crippen LogP contribution in [0.1, 0.15) is 60.0 Å². The zero-order chi connectivity index (χ0) is 25.3. The molecule has 36 heavy (non-hydrogen) atoms. The van der Waals surface area contributed by atoms with Crippen LogP contribution in [0.2, 0.25) is 0 Å². The summed E-state index contributed by atoms with van der Waals surface area (Å²) in [4.78, 5) is 21.0. The van der Waals surface area contributed by atoms with Crippen LogP contribution in [0.3, 0.4) is 0 Å². The van der Waals surface area contributed by atoms with Crippen molar-refractivity contribution in [1.82, 2.24) is 25.0 Å². The molecule has 7 nitrogen and oxygen atoms in total. The number of ether oxygens (including phenoxy) is 1. The summed E-state index contributed by atoms with van der Waals surface area (Å²) in [5.41, 5.74) is 2.52. The number of fused-ring (bicyclic) bond motifs is 2. The molecule has 0 atom stereocenters. The van der Waals surface area contributed by atoms with Crippen molar-refractivity contribution in [3.05, 3.63) is 40.5 Å². The highest BCUT2D eigenvalue weighted by Crippen LogP contribution is 2.32. The van der Waals surface area contributed by atoms with Crippen molar-refractivity contribution in [3.8, 4) is 5.19 Å². The number of amides is 1. The Morgan fingerprint density at radius 1 is 1.28 bits per heavy atom. The third-order valence-electron chi connectivity index (χ3n) is 7.28. The maximum Gasteiger partial charge on any atom is 0.278 e. The number of nitrogens with zero attached hydrogens (tertiary/aromatic N) is 4. The second-order valence-corrected chi connectivity index (χ2v) is 11.3. The van der Waals surface area contributed by atoms with E-state index in [1.54, 1.807) is 10.9 Å². The fourth-order valence-electron chi connectivity index (χ4n) is 5.31. The van der Waals surface area contributed by atoms with Gasteiger partial charge in [-0.3, -0.25) is 14.4 Å². The molecule has 5 rings (SSSR count). The van der Waals surface area contributed by atoms with E-state index in [1.165, 1.54) is 11.3 Å². The Hall–Kier alpha value is -2.59. The van der Waals surface area contributed by atoms with Crippen LogP contribution in [0.25, 0.3) is 10.9 Å². The van der Waals surface area contributed by atoms with E-state index in [0.717, 1.165) is 86.6 Å². The van der Waals surface area contributed by atoms with Gasteiger partial charge in [0.25, 0.3) is 17.0 Å². The van der Waals surface area contributed by atoms with Gasteiger partial charge in [0.05, 0.1) is 23.0 Å². The van der Waals surface area contributed by atoms with E-state index in [-0.39, 0.29) is 11.9 Å². The molecule has 0 spiro atoms. The maximum atomic E-state index is 13.1. The molecule has 3 heterocycles. The summed E-state index contributed by atoms with van der Waals surface area (Å²) in [5, 5.41) is 8.85. The van der Waals surface area contributed by atoms with E-state index >= 15 is 0 Å². The number of aryl methyl sites for hydroxylation is 1. The molecule has 1 N–H and O–H groups in total. The number of nitrogens with one attached hydrogen (secondary N) is 1. The van der Waals surface area contributed by atoms with E-state index in [4.69, 9.17) is 4.74 Å². The lowest BCUT2D eigenvalue weighted by Gasteiger charge is -2.32. The van der Waals surface area contributed by atoms with E-state index in [0.29, 0.717) is 16.7 Å². The first-order chi connectivity index (χ1) is 17.2. The van der Waals surface area contributed by atoms with E-state index in [1.807, 2.05) is 25.2 Å². The Bertz CT molecular complexity index is 1210. The zero-order valence-corrected chi connectivity index (χ0v) is 21.6. The molecule has 0 bridgehead atoms. The molecular weight excluding hydrogens is 484 g/mol. The molecule has 1 aliphatic heterocycles. The quantitative estimate of drug-likeness (QED) is 0.465. The summed E-state index contributed by atoms with van der Waals surface area (Å²) >= 11 is 1.40. The van der Waals surface area contributed by atoms with Gasteiger partial charge in [0.15, 0.2) is 6.61 Å². The monoisotopic (exact) mass is 517 g/mol. The van der Waals surface area contributed by atoms with E-state index in [2.05, 4.69) is 20.3 Å². The number of halogens is 2. The van der Waals surface area contributed by atoms with Crippen LogP contribution < -0.4 is 10.1 Å². The van der Waals surface area contributed by atoms with Crippen LogP contribution in [0.4, 0.5) is 8.78 Å². The normalized spacial score (nSPS) is 20.9. The van der Waals surface area contributed by atoms with Crippen molar-refractivity contribution in [2.75, 3.05) is 19.7 Å². The first-order valence-corrected chi connectivity index (χ1v) is 13.5. The van der Waals surface area contributed by atoms with Gasteiger partial charge < -0.3 is 10.1 Å². The smallest absolute Gasteiger partial charge is 0.278 e. The molecular formula is C26H33F2N5O2S. The molecule has 0 saturated heterocycles. The van der Waals surface area contributed by atoms with Crippen molar-refractivity contribution in [2.24, 2.45) is 13.0 Å². The molecule has 1 amide bonds. The number of para-hydroxylation sites is 1. The number of carbonyl (C=O) groups is 1. The summed E-state index contributed by atoms with van der Waals surface area (Å²) in [7, 11) is 1.86. The van der Waals surface area contributed by atoms with Crippen LogP contribution in [-0.4, -0.2) is 57.2 Å². The van der Waals surface area contributed by atoms with E-state index in [9.17, 15) is 13.6 Å². The zero-order valence-electron chi connectivity index (χ0n) is 20.8. The lowest BCUT2D eigenvalue weighted by Crippen LogP contribution is -2.38. The van der Waals surface area contributed by atoms with Crippen LogP contribution in [0.15, 0.2) is 24.4 Å². The van der Waals surface area contributed by atoms with Crippen molar-refractivity contribution in [2.45, 2.75) is 64.0 Å². The Kier molecular flexibility index (Phi) is 7.25. The second kappa shape index (κ2) is 10.4. The van der Waals surface area contributed by atoms with Gasteiger partial charge in [-0.05, 0) is 57.1 Å². The van der Waals surface area contributed by atoms with Crippen LogP contribution in [-0.2, 0) is 20.0 Å². The third-order valence-corrected chi connectivity index (χ3v) is 8.35. The van der Waals surface area contributed by atoms with Gasteiger partial charge >= 0.3 is 0 Å². The number of thiazole rings is 1. The molecule has 1 fully saturated rings. The first kappa shape index (κ1) is 25.1. The molecule has 0 radical (unpaired) electrons. The highest BCUT2D eigenvalue weighted by Gasteiger charge is 2.27. The van der Waals surface area contributed by atoms with Gasteiger partial charge in [-0.15, -0.1) is 0 Å². The summed E-state index contributed by atoms with van der Waals surface area (Å²) in [5.74, 6) is -2.22. The van der Waals surface area contributed by atoms with Gasteiger partial charge in [0.2, 0.25) is 0 Å². The minimum Gasteiger partial charge on any atom is -0.464 e. The van der Waals surface area contributed by atoms with Gasteiger partial charge in [-0.2, -0.15) is 5.10 Å². The highest BCUT2D eigenvalue weighted by atomic mass is 32.1. The molecule has 1 saturated carbocycles. The number of benzene rings is 1. The van der Waals surface area contributed by atoms with Crippen LogP contribution in [0.5, 0.6) is 5.19 Å². The largest absolute Gasteiger partial charge is 0.464 e. The average Bonchev–Trinajstić information content (AvgIpc) is 3.44. The summed E-state index contributed by atoms with van der Waals surface area (Å²) in [6, 6.07) is 5.95. The number of aromatic nitrogens is 3. The molecule has 0 unspecified atom stereocenters. The fraction of sp³-hybridized carbons (Fsp3) is 0.577. The molecule has 3 aromatic rings. The minimum absolute atomic E-state index is 0.0222. The lowest BCUT2D eigenvalue weighted by atomic mass is 9.84. The Morgan fingerprint density at radius 3 is 2.86 bits per heavy atom. The molecule has 1 aliphatic carbocycles. The Morgan fingerprint density at radius 2 is 2.08 bits per heavy atom. The van der Waals surface area contributed by atoms with Gasteiger partial charge in [0.1, 0.15) is 0 Å². The second-order valence-electron chi connectivity index (χ2n) is 10.2. The molecule has 2 aromatic heterocycles. The summed E-state index contributed by atoms with van der Waals surface area (Å²) < 4.78 is 33.1. The molecule has 194 valence electrons. The highest BCUT2D eigenvalue weighted by molar-refractivity contribution is 7.13. The number of alkyl halides is 2. The van der Waals surface area contributed by atoms with E-state index < -0.39 is 12.5 Å². The van der Waals surface area contributed by atoms with Crippen molar-refractivity contribution >= 4 is 28.1 Å². The molecule has 10 heteroatoms. The summed E-state index contributed by atoms with van der Waals surface area (Å²) in [6.45, 7) is 2.94. The Labute approximate surface area is 213 Å². The molecule has 2 aliphatic rings. The SMILES string of the molecule is Cn1ncc2cccc(C(=O)N[C@H]3CC[C@H](CCN4CCc5sc(OCC(C)(F)F)nc5C4)CC3)c21. The third kappa shape index (κ3) is 5.86. The summed E-state index contributed by atoms with van der Waals surface area (Å²) in [6.07, 6.45) is 8.02. The lowest BCUT2D eigenvalue weighted by molar-refractivity contribution is -0.0230. The number of hydrogen-bond acceptors (Lipinski definition) is 6. The molecule has 1 aromatic carbocycles. The number of rotatable bonds is 8. The van der Waals surface area contributed by atoms with Gasteiger partial charge in [-0.1, -0.05) is 23.5 Å². The number of hydrogen-bond donors (Lipinski definition) is 1. The van der Waals surface area contributed by atoms with Gasteiger partial charge in [-0.25, -0.2) is 13.8 Å². The number of carbonyl (C=O) groups excluding carboxylic acids is 1. The van der Waals surface area contributed by atoms with Gasteiger partial charge in [0, 0.05) is 43.4 Å². The minimum atomic E-state index is -2.85. The van der Waals surface area contributed by atoms with Crippen LogP contribution >= 0.6 is 11.3 Å². The maximum absolute atomic E-state index is 13.1.